The van der Waals surface area contributed by atoms with Crippen molar-refractivity contribution in [2.24, 2.45) is 0 Å². The molecule has 8 heteroatoms. The zero-order valence-electron chi connectivity index (χ0n) is 18.8. The minimum atomic E-state index is -3.92. The molecule has 0 bridgehead atoms. The fraction of sp³-hybridized carbons (Fsp3) is 0.440. The summed E-state index contributed by atoms with van der Waals surface area (Å²) in [5.41, 5.74) is 1.06. The van der Waals surface area contributed by atoms with E-state index < -0.39 is 21.5 Å². The van der Waals surface area contributed by atoms with Gasteiger partial charge < -0.3 is 15.1 Å². The van der Waals surface area contributed by atoms with E-state index in [0.717, 1.165) is 57.4 Å². The fourth-order valence-electron chi connectivity index (χ4n) is 5.32. The number of hydrogen-bond donors (Lipinski definition) is 1. The molecular formula is C25H29N3O4S. The minimum Gasteiger partial charge on any atom is -0.371 e. The number of nitrogens with one attached hydrogen (secondary N) is 1. The van der Waals surface area contributed by atoms with Gasteiger partial charge in [0, 0.05) is 36.9 Å². The van der Waals surface area contributed by atoms with Crippen molar-refractivity contribution in [1.29, 1.82) is 0 Å². The largest absolute Gasteiger partial charge is 0.371 e. The molecule has 1 atom stereocenters. The van der Waals surface area contributed by atoms with Crippen molar-refractivity contribution in [2.45, 2.75) is 47.9 Å². The molecule has 0 saturated carbocycles. The molecule has 0 unspecified atom stereocenters. The number of sulfone groups is 1. The van der Waals surface area contributed by atoms with Gasteiger partial charge in [0.2, 0.25) is 9.84 Å². The quantitative estimate of drug-likeness (QED) is 0.621. The van der Waals surface area contributed by atoms with Crippen LogP contribution in [0.25, 0.3) is 0 Å². The van der Waals surface area contributed by atoms with Gasteiger partial charge in [-0.1, -0.05) is 6.07 Å². The molecule has 0 radical (unpaired) electrons. The number of carbonyl (C=O) groups is 2. The Labute approximate surface area is 194 Å². The molecule has 1 amide bonds. The molecular weight excluding hydrogens is 438 g/mol. The van der Waals surface area contributed by atoms with E-state index >= 15 is 0 Å². The summed E-state index contributed by atoms with van der Waals surface area (Å²) in [6.45, 7) is 3.30. The van der Waals surface area contributed by atoms with E-state index in [-0.39, 0.29) is 26.5 Å². The maximum atomic E-state index is 13.5. The summed E-state index contributed by atoms with van der Waals surface area (Å²) in [6.07, 6.45) is 5.24. The number of benzene rings is 2. The van der Waals surface area contributed by atoms with Gasteiger partial charge in [-0.05, 0) is 76.0 Å². The molecule has 3 heterocycles. The second-order valence-corrected chi connectivity index (χ2v) is 11.1. The fourth-order valence-corrected chi connectivity index (χ4v) is 7.01. The summed E-state index contributed by atoms with van der Waals surface area (Å²) in [4.78, 5) is 30.8. The molecule has 2 aromatic carbocycles. The van der Waals surface area contributed by atoms with Gasteiger partial charge in [0.05, 0.1) is 20.9 Å². The van der Waals surface area contributed by atoms with Crippen molar-refractivity contribution in [3.05, 3.63) is 53.1 Å². The lowest BCUT2D eigenvalue weighted by molar-refractivity contribution is 0.0937. The summed E-state index contributed by atoms with van der Waals surface area (Å²) in [5.74, 6) is -0.822. The number of ketones is 1. The van der Waals surface area contributed by atoms with Gasteiger partial charge in [0.1, 0.15) is 0 Å². The standard InChI is InChI=1S/C25H29N3O4S/c1-27-13-5-6-17(27)11-12-26-25(30)20-7-4-8-21-23(20)24(29)19-10-9-18(28-14-2-3-15-28)16-22(19)33(21,31)32/h4,7-10,16-17H,2-3,5-6,11-15H2,1H3,(H,26,30)/t17-/m1/s1. The van der Waals surface area contributed by atoms with Gasteiger partial charge in [0.25, 0.3) is 5.91 Å². The van der Waals surface area contributed by atoms with Crippen LogP contribution in [0.15, 0.2) is 46.2 Å². The van der Waals surface area contributed by atoms with Crippen molar-refractivity contribution in [3.8, 4) is 0 Å². The molecule has 2 fully saturated rings. The normalized spacial score (nSPS) is 21.7. The molecule has 0 aromatic heterocycles. The summed E-state index contributed by atoms with van der Waals surface area (Å²) in [6, 6.07) is 9.96. The Morgan fingerprint density at radius 2 is 1.85 bits per heavy atom. The molecule has 174 valence electrons. The first-order valence-corrected chi connectivity index (χ1v) is 13.2. The summed E-state index contributed by atoms with van der Waals surface area (Å²) < 4.78 is 27.0. The number of rotatable bonds is 5. The van der Waals surface area contributed by atoms with Crippen molar-refractivity contribution in [1.82, 2.24) is 10.2 Å². The van der Waals surface area contributed by atoms with Crippen molar-refractivity contribution in [3.63, 3.8) is 0 Å². The Hall–Kier alpha value is -2.71. The van der Waals surface area contributed by atoms with Crippen LogP contribution in [0.2, 0.25) is 0 Å². The van der Waals surface area contributed by atoms with Crippen LogP contribution in [-0.4, -0.2) is 64.3 Å². The lowest BCUT2D eigenvalue weighted by atomic mass is 9.96. The number of nitrogens with zero attached hydrogens (tertiary/aromatic N) is 2. The highest BCUT2D eigenvalue weighted by molar-refractivity contribution is 7.91. The van der Waals surface area contributed by atoms with Crippen molar-refractivity contribution in [2.75, 3.05) is 38.1 Å². The zero-order chi connectivity index (χ0) is 23.2. The van der Waals surface area contributed by atoms with Crippen molar-refractivity contribution >= 4 is 27.2 Å². The molecule has 7 nitrogen and oxygen atoms in total. The predicted octanol–water partition coefficient (Wildman–Crippen LogP) is 2.88. The van der Waals surface area contributed by atoms with Crippen LogP contribution < -0.4 is 10.2 Å². The maximum absolute atomic E-state index is 13.5. The number of fused-ring (bicyclic) bond motifs is 2. The maximum Gasteiger partial charge on any atom is 0.252 e. The van der Waals surface area contributed by atoms with E-state index in [2.05, 4.69) is 22.2 Å². The zero-order valence-corrected chi connectivity index (χ0v) is 19.7. The lowest BCUT2D eigenvalue weighted by Crippen LogP contribution is -2.33. The van der Waals surface area contributed by atoms with Crippen LogP contribution in [0.4, 0.5) is 5.69 Å². The van der Waals surface area contributed by atoms with Gasteiger partial charge >= 0.3 is 0 Å². The minimum absolute atomic E-state index is 0.0191. The third kappa shape index (κ3) is 3.85. The number of likely N-dealkylation sites (tertiary alicyclic amines) is 1. The molecule has 0 aliphatic carbocycles. The first-order valence-electron chi connectivity index (χ1n) is 11.7. The van der Waals surface area contributed by atoms with E-state index in [1.807, 2.05) is 6.07 Å². The molecule has 2 aromatic rings. The average Bonchev–Trinajstić information content (AvgIpc) is 3.49. The number of amides is 1. The summed E-state index contributed by atoms with van der Waals surface area (Å²) in [7, 11) is -1.83. The van der Waals surface area contributed by atoms with E-state index in [0.29, 0.717) is 12.6 Å². The van der Waals surface area contributed by atoms with Crippen molar-refractivity contribution < 1.29 is 18.0 Å². The Balaban J connectivity index is 1.44. The number of anilines is 1. The highest BCUT2D eigenvalue weighted by Gasteiger charge is 2.38. The Bertz CT molecular complexity index is 1220. The molecule has 3 aliphatic rings. The van der Waals surface area contributed by atoms with Gasteiger partial charge in [0.15, 0.2) is 5.78 Å². The topological polar surface area (TPSA) is 86.8 Å². The molecule has 3 aliphatic heterocycles. The SMILES string of the molecule is CN1CCC[C@@H]1CCNC(=O)c1cccc2c1C(=O)c1ccc(N3CCCC3)cc1S2(=O)=O. The second-order valence-electron chi connectivity index (χ2n) is 9.21. The highest BCUT2D eigenvalue weighted by atomic mass is 32.2. The van der Waals surface area contributed by atoms with E-state index in [1.54, 1.807) is 18.2 Å². The molecule has 0 spiro atoms. The monoisotopic (exact) mass is 467 g/mol. The van der Waals surface area contributed by atoms with Crippen LogP contribution in [0.3, 0.4) is 0 Å². The van der Waals surface area contributed by atoms with E-state index in [9.17, 15) is 18.0 Å². The Morgan fingerprint density at radius 1 is 1.06 bits per heavy atom. The third-order valence-corrected chi connectivity index (χ3v) is 9.03. The smallest absolute Gasteiger partial charge is 0.252 e. The van der Waals surface area contributed by atoms with Gasteiger partial charge in [-0.3, -0.25) is 9.59 Å². The summed E-state index contributed by atoms with van der Waals surface area (Å²) in [5, 5.41) is 2.90. The number of carbonyl (C=O) groups excluding carboxylic acids is 2. The van der Waals surface area contributed by atoms with Crippen LogP contribution in [-0.2, 0) is 9.84 Å². The summed E-state index contributed by atoms with van der Waals surface area (Å²) >= 11 is 0. The number of hydrogen-bond acceptors (Lipinski definition) is 6. The lowest BCUT2D eigenvalue weighted by Gasteiger charge is -2.24. The van der Waals surface area contributed by atoms with E-state index in [4.69, 9.17) is 0 Å². The molecule has 5 rings (SSSR count). The van der Waals surface area contributed by atoms with Crippen LogP contribution in [0.5, 0.6) is 0 Å². The average molecular weight is 468 g/mol. The first-order chi connectivity index (χ1) is 15.9. The predicted molar refractivity (Wildman–Crippen MR) is 126 cm³/mol. The second kappa shape index (κ2) is 8.57. The third-order valence-electron chi connectivity index (χ3n) is 7.19. The Morgan fingerprint density at radius 3 is 2.58 bits per heavy atom. The van der Waals surface area contributed by atoms with Crippen LogP contribution in [0, 0.1) is 0 Å². The van der Waals surface area contributed by atoms with Gasteiger partial charge in [-0.25, -0.2) is 8.42 Å². The van der Waals surface area contributed by atoms with Crippen LogP contribution in [0.1, 0.15) is 58.4 Å². The molecule has 1 N–H and O–H groups in total. The highest BCUT2D eigenvalue weighted by Crippen LogP contribution is 2.38. The van der Waals surface area contributed by atoms with Gasteiger partial charge in [-0.2, -0.15) is 0 Å². The first kappa shape index (κ1) is 22.1. The van der Waals surface area contributed by atoms with Gasteiger partial charge in [-0.15, -0.1) is 0 Å². The Kier molecular flexibility index (Phi) is 5.74. The molecule has 2 saturated heterocycles. The molecule has 33 heavy (non-hydrogen) atoms. The van der Waals surface area contributed by atoms with Crippen LogP contribution >= 0.6 is 0 Å². The van der Waals surface area contributed by atoms with E-state index in [1.165, 1.54) is 12.1 Å².